The van der Waals surface area contributed by atoms with Crippen molar-refractivity contribution >= 4 is 52.2 Å². The van der Waals surface area contributed by atoms with E-state index in [0.29, 0.717) is 0 Å². The summed E-state index contributed by atoms with van der Waals surface area (Å²) in [7, 11) is 0. The fourth-order valence-corrected chi connectivity index (χ4v) is 1.89. The number of nitriles is 1. The molecule has 1 aromatic heterocycles. The van der Waals surface area contributed by atoms with Crippen LogP contribution in [0, 0.1) is 11.3 Å². The first-order valence-corrected chi connectivity index (χ1v) is 6.70. The van der Waals surface area contributed by atoms with E-state index in [-0.39, 0.29) is 32.2 Å². The normalized spacial score (nSPS) is 11.4. The number of rotatable bonds is 4. The van der Waals surface area contributed by atoms with Crippen molar-refractivity contribution in [2.45, 2.75) is 6.92 Å². The molecule has 0 atom stereocenters. The predicted octanol–water partition coefficient (Wildman–Crippen LogP) is 2.11. The summed E-state index contributed by atoms with van der Waals surface area (Å²) < 4.78 is 4.72. The van der Waals surface area contributed by atoms with Crippen molar-refractivity contribution < 1.29 is 14.3 Å². The highest BCUT2D eigenvalue weighted by Crippen LogP contribution is 2.34. The smallest absolute Gasteiger partial charge is 0.359 e. The topological polar surface area (TPSA) is 132 Å². The van der Waals surface area contributed by atoms with Gasteiger partial charge in [0, 0.05) is 5.70 Å². The number of halogens is 3. The Hall–Kier alpha value is -2.01. The molecule has 1 aromatic rings. The Kier molecular flexibility index (Phi) is 6.00. The van der Waals surface area contributed by atoms with Gasteiger partial charge in [-0.05, 0) is 6.92 Å². The van der Waals surface area contributed by atoms with Crippen molar-refractivity contribution in [3.8, 4) is 6.07 Å². The molecule has 10 heteroatoms. The van der Waals surface area contributed by atoms with Crippen molar-refractivity contribution in [2.75, 3.05) is 12.3 Å². The van der Waals surface area contributed by atoms with Crippen molar-refractivity contribution in [3.63, 3.8) is 0 Å². The van der Waals surface area contributed by atoms with Crippen LogP contribution in [0.3, 0.4) is 0 Å². The molecule has 0 aliphatic carbocycles. The summed E-state index contributed by atoms with van der Waals surface area (Å²) in [6.45, 7) is 0.658. The number of nitrogens with zero attached hydrogens (tertiary/aromatic N) is 2. The van der Waals surface area contributed by atoms with Gasteiger partial charge in [0.05, 0.1) is 10.7 Å². The number of ketones is 1. The molecule has 0 aliphatic rings. The minimum atomic E-state index is -1.05. The van der Waals surface area contributed by atoms with Crippen molar-refractivity contribution in [2.24, 2.45) is 5.73 Å². The third-order valence-electron chi connectivity index (χ3n) is 2.38. The van der Waals surface area contributed by atoms with Gasteiger partial charge in [-0.25, -0.2) is 9.78 Å². The van der Waals surface area contributed by atoms with Gasteiger partial charge in [0.1, 0.15) is 16.7 Å². The second-order valence-electron chi connectivity index (χ2n) is 3.96. The molecule has 1 heterocycles. The fourth-order valence-electron chi connectivity index (χ4n) is 1.31. The van der Waals surface area contributed by atoms with E-state index in [2.05, 4.69) is 4.98 Å². The van der Waals surface area contributed by atoms with E-state index in [1.54, 1.807) is 6.07 Å². The molecule has 0 amide bonds. The number of allylic oxidation sites excluding steroid dienone is 1. The Balaban J connectivity index is 2.95. The number of esters is 1. The lowest BCUT2D eigenvalue weighted by Gasteiger charge is -2.09. The lowest BCUT2D eigenvalue weighted by Crippen LogP contribution is -2.18. The molecular weight excluding hydrogens is 355 g/mol. The van der Waals surface area contributed by atoms with Crippen LogP contribution in [-0.2, 0) is 9.53 Å². The standard InChI is InChI=1S/C12H9Cl3N4O3/c1-4(17)5(2-16)6(20)3-22-12(21)10-7(13)9(18)8(14)11(15)19-10/h3,17H2,1H3,(H2,18,19)/b5-4+. The number of ether oxygens (including phenoxy) is 1. The minimum absolute atomic E-state index is 0.0125. The molecule has 22 heavy (non-hydrogen) atoms. The zero-order chi connectivity index (χ0) is 17.0. The highest BCUT2D eigenvalue weighted by molar-refractivity contribution is 6.46. The molecule has 0 saturated carbocycles. The van der Waals surface area contributed by atoms with E-state index >= 15 is 0 Å². The number of pyridine rings is 1. The van der Waals surface area contributed by atoms with Crippen LogP contribution in [0.5, 0.6) is 0 Å². The van der Waals surface area contributed by atoms with Crippen LogP contribution in [0.4, 0.5) is 5.69 Å². The van der Waals surface area contributed by atoms with E-state index in [1.165, 1.54) is 6.92 Å². The van der Waals surface area contributed by atoms with Crippen molar-refractivity contribution in [1.82, 2.24) is 4.98 Å². The molecule has 0 aliphatic heterocycles. The zero-order valence-corrected chi connectivity index (χ0v) is 13.4. The van der Waals surface area contributed by atoms with Crippen LogP contribution < -0.4 is 11.5 Å². The Morgan fingerprint density at radius 2 is 1.91 bits per heavy atom. The first kappa shape index (κ1) is 18.0. The molecular formula is C12H9Cl3N4O3. The number of carbonyl (C=O) groups excluding carboxylic acids is 2. The van der Waals surface area contributed by atoms with Gasteiger partial charge in [0.2, 0.25) is 5.78 Å². The van der Waals surface area contributed by atoms with Crippen LogP contribution >= 0.6 is 34.8 Å². The van der Waals surface area contributed by atoms with Crippen LogP contribution in [0.25, 0.3) is 0 Å². The second-order valence-corrected chi connectivity index (χ2v) is 5.08. The Morgan fingerprint density at radius 3 is 2.41 bits per heavy atom. The van der Waals surface area contributed by atoms with Gasteiger partial charge in [-0.15, -0.1) is 0 Å². The zero-order valence-electron chi connectivity index (χ0n) is 11.1. The maximum absolute atomic E-state index is 11.9. The number of carbonyl (C=O) groups is 2. The Bertz CT molecular complexity index is 721. The van der Waals surface area contributed by atoms with E-state index in [1.807, 2.05) is 0 Å². The average Bonchev–Trinajstić information content (AvgIpc) is 2.46. The molecule has 0 bridgehead atoms. The number of nitrogen functional groups attached to an aromatic ring is 1. The molecule has 0 unspecified atom stereocenters. The molecule has 0 radical (unpaired) electrons. The summed E-state index contributed by atoms with van der Waals surface area (Å²) in [6.07, 6.45) is 0. The van der Waals surface area contributed by atoms with Crippen LogP contribution in [-0.4, -0.2) is 23.3 Å². The Labute approximate surface area is 140 Å². The van der Waals surface area contributed by atoms with Crippen molar-refractivity contribution in [1.29, 1.82) is 5.26 Å². The van der Waals surface area contributed by atoms with Gasteiger partial charge in [-0.2, -0.15) is 5.26 Å². The first-order chi connectivity index (χ1) is 10.2. The quantitative estimate of drug-likeness (QED) is 0.362. The van der Waals surface area contributed by atoms with E-state index in [0.717, 1.165) is 0 Å². The molecule has 116 valence electrons. The fraction of sp³-hybridized carbons (Fsp3) is 0.167. The summed E-state index contributed by atoms with van der Waals surface area (Å²) >= 11 is 17.2. The lowest BCUT2D eigenvalue weighted by atomic mass is 10.1. The van der Waals surface area contributed by atoms with Crippen LogP contribution in [0.2, 0.25) is 15.2 Å². The Morgan fingerprint density at radius 1 is 1.32 bits per heavy atom. The molecule has 0 spiro atoms. The highest BCUT2D eigenvalue weighted by Gasteiger charge is 2.22. The lowest BCUT2D eigenvalue weighted by molar-refractivity contribution is -0.118. The maximum Gasteiger partial charge on any atom is 0.359 e. The SMILES string of the molecule is C/C(N)=C(/C#N)C(=O)COC(=O)c1nc(Cl)c(Cl)c(N)c1Cl. The second kappa shape index (κ2) is 7.31. The van der Waals surface area contributed by atoms with Crippen LogP contribution in [0.15, 0.2) is 11.3 Å². The molecule has 0 aromatic carbocycles. The van der Waals surface area contributed by atoms with Crippen molar-refractivity contribution in [3.05, 3.63) is 32.2 Å². The number of nitrogens with two attached hydrogens (primary N) is 2. The summed E-state index contributed by atoms with van der Waals surface area (Å²) in [5, 5.41) is 8.17. The molecule has 7 nitrogen and oxygen atoms in total. The van der Waals surface area contributed by atoms with E-state index in [4.69, 9.17) is 56.3 Å². The first-order valence-electron chi connectivity index (χ1n) is 5.57. The van der Waals surface area contributed by atoms with Gasteiger partial charge < -0.3 is 16.2 Å². The monoisotopic (exact) mass is 362 g/mol. The molecule has 0 saturated heterocycles. The van der Waals surface area contributed by atoms with Gasteiger partial charge >= 0.3 is 5.97 Å². The third-order valence-corrected chi connectivity index (χ3v) is 3.52. The summed E-state index contributed by atoms with van der Waals surface area (Å²) in [6, 6.07) is 1.62. The predicted molar refractivity (Wildman–Crippen MR) is 81.5 cm³/mol. The number of Topliss-reactive ketones (excluding diaryl/α,β-unsaturated/α-hetero) is 1. The van der Waals surface area contributed by atoms with Gasteiger partial charge in [-0.3, -0.25) is 4.79 Å². The van der Waals surface area contributed by atoms with E-state index < -0.39 is 24.1 Å². The van der Waals surface area contributed by atoms with Gasteiger partial charge in [-0.1, -0.05) is 34.8 Å². The number of hydrogen-bond donors (Lipinski definition) is 2. The van der Waals surface area contributed by atoms with Gasteiger partial charge in [0.25, 0.3) is 0 Å². The summed E-state index contributed by atoms with van der Waals surface area (Å²) in [5.41, 5.74) is 10.1. The van der Waals surface area contributed by atoms with Crippen LogP contribution in [0.1, 0.15) is 17.4 Å². The number of aromatic nitrogens is 1. The molecule has 4 N–H and O–H groups in total. The molecule has 1 rings (SSSR count). The maximum atomic E-state index is 11.9. The average molecular weight is 364 g/mol. The largest absolute Gasteiger partial charge is 0.452 e. The van der Waals surface area contributed by atoms with E-state index in [9.17, 15) is 9.59 Å². The minimum Gasteiger partial charge on any atom is -0.452 e. The molecule has 0 fully saturated rings. The summed E-state index contributed by atoms with van der Waals surface area (Å²) in [5.74, 6) is -1.81. The number of anilines is 1. The summed E-state index contributed by atoms with van der Waals surface area (Å²) in [4.78, 5) is 27.2. The third kappa shape index (κ3) is 3.80. The van der Waals surface area contributed by atoms with Gasteiger partial charge in [0.15, 0.2) is 17.5 Å². The number of hydrogen-bond acceptors (Lipinski definition) is 7. The highest BCUT2D eigenvalue weighted by atomic mass is 35.5.